The fourth-order valence-electron chi connectivity index (χ4n) is 3.52. The van der Waals surface area contributed by atoms with Gasteiger partial charge in [-0.25, -0.2) is 0 Å². The predicted molar refractivity (Wildman–Crippen MR) is 110 cm³/mol. The Hall–Kier alpha value is -2.64. The fourth-order valence-corrected chi connectivity index (χ4v) is 3.69. The first-order chi connectivity index (χ1) is 13.4. The molecular formula is C20H23ClN4O3. The lowest BCUT2D eigenvalue weighted by Crippen LogP contribution is -2.51. The summed E-state index contributed by atoms with van der Waals surface area (Å²) in [6.07, 6.45) is 0. The third-order valence-electron chi connectivity index (χ3n) is 4.94. The molecule has 2 aromatic rings. The Morgan fingerprint density at radius 1 is 1.11 bits per heavy atom. The molecule has 8 heteroatoms. The Kier molecular flexibility index (Phi) is 6.16. The molecule has 0 aromatic heterocycles. The molecule has 28 heavy (non-hydrogen) atoms. The van der Waals surface area contributed by atoms with E-state index in [1.54, 1.807) is 31.1 Å². The molecule has 0 bridgehead atoms. The minimum atomic E-state index is -0.407. The van der Waals surface area contributed by atoms with Crippen molar-refractivity contribution in [1.29, 1.82) is 0 Å². The summed E-state index contributed by atoms with van der Waals surface area (Å²) in [6, 6.07) is 14.1. The lowest BCUT2D eigenvalue weighted by atomic mass is 10.0. The van der Waals surface area contributed by atoms with E-state index in [1.807, 2.05) is 35.2 Å². The second kappa shape index (κ2) is 8.58. The SMILES string of the molecule is CN(C)C(=O)C(c1ccccc1)N1CCN(c2ccc(Cl)cc2[N+](=O)[O-])CC1. The molecule has 1 unspecified atom stereocenters. The van der Waals surface area contributed by atoms with Crippen molar-refractivity contribution in [2.75, 3.05) is 45.2 Å². The Morgan fingerprint density at radius 2 is 1.75 bits per heavy atom. The van der Waals surface area contributed by atoms with E-state index in [9.17, 15) is 14.9 Å². The van der Waals surface area contributed by atoms with Crippen LogP contribution in [0.3, 0.4) is 0 Å². The molecule has 1 saturated heterocycles. The zero-order valence-corrected chi connectivity index (χ0v) is 16.7. The molecule has 1 aliphatic rings. The summed E-state index contributed by atoms with van der Waals surface area (Å²) in [5, 5.41) is 11.7. The highest BCUT2D eigenvalue weighted by molar-refractivity contribution is 6.30. The molecule has 0 spiro atoms. The normalized spacial score (nSPS) is 15.9. The van der Waals surface area contributed by atoms with Crippen LogP contribution in [0, 0.1) is 10.1 Å². The van der Waals surface area contributed by atoms with E-state index in [0.717, 1.165) is 5.56 Å². The average molecular weight is 403 g/mol. The summed E-state index contributed by atoms with van der Waals surface area (Å²) < 4.78 is 0. The summed E-state index contributed by atoms with van der Waals surface area (Å²) in [7, 11) is 3.51. The number of anilines is 1. The maximum atomic E-state index is 12.8. The number of nitro groups is 1. The third-order valence-corrected chi connectivity index (χ3v) is 5.18. The highest BCUT2D eigenvalue weighted by atomic mass is 35.5. The van der Waals surface area contributed by atoms with Crippen molar-refractivity contribution in [2.24, 2.45) is 0 Å². The van der Waals surface area contributed by atoms with Crippen molar-refractivity contribution in [2.45, 2.75) is 6.04 Å². The maximum Gasteiger partial charge on any atom is 0.294 e. The number of hydrogen-bond donors (Lipinski definition) is 0. The molecule has 1 amide bonds. The molecule has 1 aliphatic heterocycles. The number of rotatable bonds is 5. The van der Waals surface area contributed by atoms with Gasteiger partial charge < -0.3 is 9.80 Å². The van der Waals surface area contributed by atoms with Crippen LogP contribution in [0.1, 0.15) is 11.6 Å². The van der Waals surface area contributed by atoms with Crippen LogP contribution in [0.15, 0.2) is 48.5 Å². The van der Waals surface area contributed by atoms with Gasteiger partial charge in [0.25, 0.3) is 5.69 Å². The summed E-state index contributed by atoms with van der Waals surface area (Å²) >= 11 is 5.92. The number of likely N-dealkylation sites (N-methyl/N-ethyl adjacent to an activating group) is 1. The molecule has 1 atom stereocenters. The summed E-state index contributed by atoms with van der Waals surface area (Å²) in [5.41, 5.74) is 1.52. The van der Waals surface area contributed by atoms with Crippen LogP contribution in [0.25, 0.3) is 0 Å². The summed E-state index contributed by atoms with van der Waals surface area (Å²) in [4.78, 5) is 29.6. The molecule has 1 fully saturated rings. The standard InChI is InChI=1S/C20H23ClN4O3/c1-22(2)20(26)19(15-6-4-3-5-7-15)24-12-10-23(11-13-24)17-9-8-16(21)14-18(17)25(27)28/h3-9,14,19H,10-13H2,1-2H3. The Balaban J connectivity index is 1.80. The summed E-state index contributed by atoms with van der Waals surface area (Å²) in [6.45, 7) is 2.43. The van der Waals surface area contributed by atoms with E-state index >= 15 is 0 Å². The second-order valence-electron chi connectivity index (χ2n) is 6.96. The van der Waals surface area contributed by atoms with E-state index in [2.05, 4.69) is 4.90 Å². The van der Waals surface area contributed by atoms with Crippen molar-refractivity contribution in [3.8, 4) is 0 Å². The lowest BCUT2D eigenvalue weighted by Gasteiger charge is -2.40. The van der Waals surface area contributed by atoms with Crippen molar-refractivity contribution < 1.29 is 9.72 Å². The van der Waals surface area contributed by atoms with Crippen LogP contribution in [0.2, 0.25) is 5.02 Å². The van der Waals surface area contributed by atoms with Crippen molar-refractivity contribution in [3.63, 3.8) is 0 Å². The van der Waals surface area contributed by atoms with Gasteiger partial charge in [0.15, 0.2) is 0 Å². The first-order valence-corrected chi connectivity index (χ1v) is 9.45. The number of amides is 1. The molecule has 148 valence electrons. The largest absolute Gasteiger partial charge is 0.363 e. The van der Waals surface area contributed by atoms with Gasteiger partial charge in [0.05, 0.1) is 4.92 Å². The number of nitrogens with zero attached hydrogens (tertiary/aromatic N) is 4. The quantitative estimate of drug-likeness (QED) is 0.567. The van der Waals surface area contributed by atoms with Gasteiger partial charge in [-0.15, -0.1) is 0 Å². The van der Waals surface area contributed by atoms with E-state index in [-0.39, 0.29) is 17.6 Å². The van der Waals surface area contributed by atoms with Crippen LogP contribution in [0.4, 0.5) is 11.4 Å². The second-order valence-corrected chi connectivity index (χ2v) is 7.40. The van der Waals surface area contributed by atoms with Gasteiger partial charge in [-0.05, 0) is 17.7 Å². The zero-order valence-electron chi connectivity index (χ0n) is 15.9. The van der Waals surface area contributed by atoms with Crippen molar-refractivity contribution in [3.05, 3.63) is 69.2 Å². The van der Waals surface area contributed by atoms with Crippen molar-refractivity contribution in [1.82, 2.24) is 9.80 Å². The van der Waals surface area contributed by atoms with Gasteiger partial charge in [0.2, 0.25) is 5.91 Å². The predicted octanol–water partition coefficient (Wildman–Crippen LogP) is 3.20. The Bertz CT molecular complexity index is 852. The Morgan fingerprint density at radius 3 is 2.32 bits per heavy atom. The lowest BCUT2D eigenvalue weighted by molar-refractivity contribution is -0.384. The average Bonchev–Trinajstić information content (AvgIpc) is 2.69. The van der Waals surface area contributed by atoms with Gasteiger partial charge in [0.1, 0.15) is 11.7 Å². The monoisotopic (exact) mass is 402 g/mol. The molecule has 3 rings (SSSR count). The van der Waals surface area contributed by atoms with Crippen LogP contribution in [0.5, 0.6) is 0 Å². The van der Waals surface area contributed by atoms with Crippen LogP contribution in [-0.2, 0) is 4.79 Å². The topological polar surface area (TPSA) is 69.9 Å². The fraction of sp³-hybridized carbons (Fsp3) is 0.350. The molecular weight excluding hydrogens is 380 g/mol. The summed E-state index contributed by atoms with van der Waals surface area (Å²) in [5.74, 6) is 0.0251. The van der Waals surface area contributed by atoms with Gasteiger partial charge >= 0.3 is 0 Å². The third kappa shape index (κ3) is 4.26. The number of carbonyl (C=O) groups is 1. The van der Waals surface area contributed by atoms with Crippen LogP contribution in [-0.4, -0.2) is 60.9 Å². The van der Waals surface area contributed by atoms with Gasteiger partial charge in [-0.1, -0.05) is 41.9 Å². The van der Waals surface area contributed by atoms with Crippen LogP contribution >= 0.6 is 11.6 Å². The molecule has 7 nitrogen and oxygen atoms in total. The van der Waals surface area contributed by atoms with Crippen LogP contribution < -0.4 is 4.90 Å². The first-order valence-electron chi connectivity index (χ1n) is 9.07. The highest BCUT2D eigenvalue weighted by Crippen LogP contribution is 2.33. The minimum absolute atomic E-state index is 0.00456. The van der Waals surface area contributed by atoms with E-state index in [0.29, 0.717) is 36.9 Å². The maximum absolute atomic E-state index is 12.8. The molecule has 2 aromatic carbocycles. The van der Waals surface area contributed by atoms with Crippen molar-refractivity contribution >= 4 is 28.9 Å². The number of halogens is 1. The van der Waals surface area contributed by atoms with E-state index < -0.39 is 4.92 Å². The number of piperazine rings is 1. The number of hydrogen-bond acceptors (Lipinski definition) is 5. The first kappa shape index (κ1) is 20.1. The highest BCUT2D eigenvalue weighted by Gasteiger charge is 2.32. The molecule has 0 aliphatic carbocycles. The molecule has 0 radical (unpaired) electrons. The number of benzene rings is 2. The Labute approximate surface area is 169 Å². The zero-order chi connectivity index (χ0) is 20.3. The van der Waals surface area contributed by atoms with Gasteiger partial charge in [0, 0.05) is 51.4 Å². The molecule has 0 N–H and O–H groups in total. The van der Waals surface area contributed by atoms with E-state index in [4.69, 9.17) is 11.6 Å². The number of carbonyl (C=O) groups excluding carboxylic acids is 1. The van der Waals surface area contributed by atoms with E-state index in [1.165, 1.54) is 6.07 Å². The van der Waals surface area contributed by atoms with Gasteiger partial charge in [-0.2, -0.15) is 0 Å². The molecule has 1 heterocycles. The number of nitro benzene ring substituents is 1. The van der Waals surface area contributed by atoms with Gasteiger partial charge in [-0.3, -0.25) is 19.8 Å². The minimum Gasteiger partial charge on any atom is -0.363 e. The molecule has 0 saturated carbocycles. The smallest absolute Gasteiger partial charge is 0.294 e.